The maximum Gasteiger partial charge on any atom is 0.331 e. The molecule has 0 unspecified atom stereocenters. The lowest BCUT2D eigenvalue weighted by Crippen LogP contribution is -2.39. The highest BCUT2D eigenvalue weighted by atomic mass is 35.5. The summed E-state index contributed by atoms with van der Waals surface area (Å²) in [6.45, 7) is 1.07. The number of rotatable bonds is 4. The molecule has 1 N–H and O–H groups in total. The fourth-order valence-corrected chi connectivity index (χ4v) is 3.33. The molecule has 8 nitrogen and oxygen atoms in total. The third kappa shape index (κ3) is 4.33. The van der Waals surface area contributed by atoms with Gasteiger partial charge in [-0.25, -0.2) is 4.79 Å². The SMILES string of the molecule is Cn1c(=O)ccn(CC(=O)Nc2cc(Cl)ccc2C(=O)N2CCCCC2)c1=O. The summed E-state index contributed by atoms with van der Waals surface area (Å²) in [6, 6.07) is 5.92. The standard InChI is InChI=1S/C19H21ClN4O4/c1-22-17(26)7-10-24(19(22)28)12-16(25)21-15-11-13(20)5-6-14(15)18(27)23-8-3-2-4-9-23/h5-7,10-11H,2-4,8-9,12H2,1H3,(H,21,25). The van der Waals surface area contributed by atoms with E-state index in [0.29, 0.717) is 29.4 Å². The predicted octanol–water partition coefficient (Wildman–Crippen LogP) is 1.47. The molecule has 0 saturated carbocycles. The normalized spacial score (nSPS) is 14.0. The van der Waals surface area contributed by atoms with Crippen molar-refractivity contribution in [2.75, 3.05) is 18.4 Å². The van der Waals surface area contributed by atoms with Gasteiger partial charge in [-0.1, -0.05) is 11.6 Å². The monoisotopic (exact) mass is 404 g/mol. The molecule has 1 fully saturated rings. The summed E-state index contributed by atoms with van der Waals surface area (Å²) in [5.74, 6) is -0.665. The van der Waals surface area contributed by atoms with Gasteiger partial charge in [0, 0.05) is 37.4 Å². The van der Waals surface area contributed by atoms with Crippen LogP contribution in [0.25, 0.3) is 0 Å². The second-order valence-electron chi connectivity index (χ2n) is 6.71. The summed E-state index contributed by atoms with van der Waals surface area (Å²) in [5.41, 5.74) is -0.400. The van der Waals surface area contributed by atoms with Crippen LogP contribution in [0.2, 0.25) is 5.02 Å². The summed E-state index contributed by atoms with van der Waals surface area (Å²) in [4.78, 5) is 50.6. The number of likely N-dealkylation sites (tertiary alicyclic amines) is 1. The van der Waals surface area contributed by atoms with Gasteiger partial charge in [0.05, 0.1) is 11.3 Å². The molecule has 1 aromatic heterocycles. The molecule has 2 aromatic rings. The number of aromatic nitrogens is 2. The van der Waals surface area contributed by atoms with Gasteiger partial charge >= 0.3 is 5.69 Å². The van der Waals surface area contributed by atoms with Crippen molar-refractivity contribution < 1.29 is 9.59 Å². The van der Waals surface area contributed by atoms with E-state index in [4.69, 9.17) is 11.6 Å². The lowest BCUT2D eigenvalue weighted by atomic mass is 10.1. The summed E-state index contributed by atoms with van der Waals surface area (Å²) in [5, 5.41) is 3.04. The molecule has 148 valence electrons. The molecule has 0 aliphatic carbocycles. The van der Waals surface area contributed by atoms with Gasteiger partial charge in [0.15, 0.2) is 0 Å². The van der Waals surface area contributed by atoms with Crippen LogP contribution in [0.3, 0.4) is 0 Å². The Bertz CT molecular complexity index is 1020. The minimum Gasteiger partial charge on any atom is -0.339 e. The van der Waals surface area contributed by atoms with Gasteiger partial charge in [-0.3, -0.25) is 23.5 Å². The number of nitrogens with one attached hydrogen (secondary N) is 1. The first-order valence-corrected chi connectivity index (χ1v) is 9.40. The first-order valence-electron chi connectivity index (χ1n) is 9.02. The molecule has 0 atom stereocenters. The van der Waals surface area contributed by atoms with E-state index in [1.165, 1.54) is 25.4 Å². The van der Waals surface area contributed by atoms with Crippen molar-refractivity contribution in [2.45, 2.75) is 25.8 Å². The highest BCUT2D eigenvalue weighted by molar-refractivity contribution is 6.31. The first kappa shape index (κ1) is 19.9. The Morgan fingerprint density at radius 1 is 1.11 bits per heavy atom. The van der Waals surface area contributed by atoms with E-state index in [9.17, 15) is 19.2 Å². The summed E-state index contributed by atoms with van der Waals surface area (Å²) in [6.07, 6.45) is 4.28. The van der Waals surface area contributed by atoms with Gasteiger partial charge in [-0.2, -0.15) is 0 Å². The number of anilines is 1. The Morgan fingerprint density at radius 2 is 1.82 bits per heavy atom. The van der Waals surface area contributed by atoms with Crippen molar-refractivity contribution in [3.05, 3.63) is 61.9 Å². The van der Waals surface area contributed by atoms with E-state index < -0.39 is 17.2 Å². The fraction of sp³-hybridized carbons (Fsp3) is 0.368. The maximum absolute atomic E-state index is 12.8. The van der Waals surface area contributed by atoms with Gasteiger partial charge in [-0.15, -0.1) is 0 Å². The zero-order chi connectivity index (χ0) is 20.3. The summed E-state index contributed by atoms with van der Waals surface area (Å²) < 4.78 is 2.03. The Balaban J connectivity index is 1.81. The third-order valence-corrected chi connectivity index (χ3v) is 4.94. The Kier molecular flexibility index (Phi) is 5.99. The summed E-state index contributed by atoms with van der Waals surface area (Å²) in [7, 11) is 1.34. The van der Waals surface area contributed by atoms with Crippen LogP contribution in [0.4, 0.5) is 5.69 Å². The molecule has 1 aliphatic rings. The average Bonchev–Trinajstić information content (AvgIpc) is 2.69. The minimum absolute atomic E-state index is 0.161. The molecule has 0 bridgehead atoms. The molecular weight excluding hydrogens is 384 g/mol. The number of carbonyl (C=O) groups is 2. The largest absolute Gasteiger partial charge is 0.339 e. The van der Waals surface area contributed by atoms with Crippen LogP contribution in [0.1, 0.15) is 29.6 Å². The number of amides is 2. The van der Waals surface area contributed by atoms with E-state index in [2.05, 4.69) is 5.32 Å². The lowest BCUT2D eigenvalue weighted by molar-refractivity contribution is -0.116. The molecule has 0 radical (unpaired) electrons. The summed E-state index contributed by atoms with van der Waals surface area (Å²) >= 11 is 6.04. The highest BCUT2D eigenvalue weighted by Gasteiger charge is 2.22. The topological polar surface area (TPSA) is 93.4 Å². The third-order valence-electron chi connectivity index (χ3n) is 4.70. The molecular formula is C19H21ClN4O4. The predicted molar refractivity (Wildman–Crippen MR) is 106 cm³/mol. The van der Waals surface area contributed by atoms with Crippen LogP contribution in [0, 0.1) is 0 Å². The minimum atomic E-state index is -0.599. The van der Waals surface area contributed by atoms with Crippen molar-refractivity contribution in [2.24, 2.45) is 7.05 Å². The fourth-order valence-electron chi connectivity index (χ4n) is 3.15. The Labute approximate surface area is 166 Å². The van der Waals surface area contributed by atoms with Crippen molar-refractivity contribution in [1.82, 2.24) is 14.0 Å². The number of halogens is 1. The van der Waals surface area contributed by atoms with Crippen LogP contribution < -0.4 is 16.6 Å². The number of carbonyl (C=O) groups excluding carboxylic acids is 2. The van der Waals surface area contributed by atoms with E-state index in [-0.39, 0.29) is 12.5 Å². The van der Waals surface area contributed by atoms with Gasteiger partial charge in [-0.05, 0) is 37.5 Å². The van der Waals surface area contributed by atoms with Crippen LogP contribution in [0.5, 0.6) is 0 Å². The van der Waals surface area contributed by atoms with E-state index in [0.717, 1.165) is 28.4 Å². The van der Waals surface area contributed by atoms with Crippen molar-refractivity contribution in [1.29, 1.82) is 0 Å². The molecule has 9 heteroatoms. The quantitative estimate of drug-likeness (QED) is 0.834. The van der Waals surface area contributed by atoms with Crippen LogP contribution in [-0.2, 0) is 18.4 Å². The average molecular weight is 405 g/mol. The molecule has 1 aliphatic heterocycles. The molecule has 1 aromatic carbocycles. The van der Waals surface area contributed by atoms with Crippen LogP contribution in [-0.4, -0.2) is 38.9 Å². The molecule has 2 amide bonds. The number of nitrogens with zero attached hydrogens (tertiary/aromatic N) is 3. The highest BCUT2D eigenvalue weighted by Crippen LogP contribution is 2.24. The van der Waals surface area contributed by atoms with Crippen molar-refractivity contribution >= 4 is 29.1 Å². The van der Waals surface area contributed by atoms with Gasteiger partial charge in [0.25, 0.3) is 11.5 Å². The molecule has 2 heterocycles. The first-order chi connectivity index (χ1) is 13.4. The van der Waals surface area contributed by atoms with Gasteiger partial charge in [0.1, 0.15) is 6.54 Å². The smallest absolute Gasteiger partial charge is 0.331 e. The second kappa shape index (κ2) is 8.43. The number of benzene rings is 1. The van der Waals surface area contributed by atoms with Gasteiger partial charge in [0.2, 0.25) is 5.91 Å². The Morgan fingerprint density at radius 3 is 2.54 bits per heavy atom. The van der Waals surface area contributed by atoms with E-state index >= 15 is 0 Å². The number of hydrogen-bond acceptors (Lipinski definition) is 4. The molecule has 0 spiro atoms. The van der Waals surface area contributed by atoms with Crippen molar-refractivity contribution in [3.63, 3.8) is 0 Å². The van der Waals surface area contributed by atoms with Crippen LogP contribution >= 0.6 is 11.6 Å². The lowest BCUT2D eigenvalue weighted by Gasteiger charge is -2.27. The second-order valence-corrected chi connectivity index (χ2v) is 7.15. The van der Waals surface area contributed by atoms with E-state index in [1.54, 1.807) is 17.0 Å². The molecule has 1 saturated heterocycles. The zero-order valence-corrected chi connectivity index (χ0v) is 16.2. The molecule has 28 heavy (non-hydrogen) atoms. The van der Waals surface area contributed by atoms with Crippen molar-refractivity contribution in [3.8, 4) is 0 Å². The van der Waals surface area contributed by atoms with E-state index in [1.807, 2.05) is 0 Å². The van der Waals surface area contributed by atoms with Crippen LogP contribution in [0.15, 0.2) is 40.1 Å². The van der Waals surface area contributed by atoms with Gasteiger partial charge < -0.3 is 10.2 Å². The zero-order valence-electron chi connectivity index (χ0n) is 15.5. The Hall–Kier alpha value is -2.87. The molecule has 3 rings (SSSR count). The maximum atomic E-state index is 12.8. The number of hydrogen-bond donors (Lipinski definition) is 1. The number of piperidine rings is 1.